The quantitative estimate of drug-likeness (QED) is 0.885. The topological polar surface area (TPSA) is 56.1 Å². The molecule has 4 nitrogen and oxygen atoms in total. The van der Waals surface area contributed by atoms with E-state index in [2.05, 4.69) is 19.2 Å². The maximum atomic E-state index is 11.9. The van der Waals surface area contributed by atoms with Crippen LogP contribution in [0.1, 0.15) is 31.7 Å². The molecule has 0 fully saturated rings. The Hall–Kier alpha value is -2.02. The molecule has 0 aliphatic carbocycles. The monoisotopic (exact) mass is 245 g/mol. The summed E-state index contributed by atoms with van der Waals surface area (Å²) in [5, 5.41) is 11.4. The third-order valence-electron chi connectivity index (χ3n) is 2.73. The van der Waals surface area contributed by atoms with Gasteiger partial charge < -0.3 is 10.2 Å². The summed E-state index contributed by atoms with van der Waals surface area (Å²) in [6, 6.07) is 9.61. The number of nitriles is 1. The predicted molar refractivity (Wildman–Crippen MR) is 72.4 cm³/mol. The summed E-state index contributed by atoms with van der Waals surface area (Å²) in [5.74, 6) is 0.353. The van der Waals surface area contributed by atoms with E-state index in [0.717, 1.165) is 11.3 Å². The summed E-state index contributed by atoms with van der Waals surface area (Å²) >= 11 is 0. The molecule has 0 atom stereocenters. The van der Waals surface area contributed by atoms with Crippen LogP contribution in [0.5, 0.6) is 0 Å². The molecule has 1 N–H and O–H groups in total. The van der Waals surface area contributed by atoms with Crippen molar-refractivity contribution in [3.8, 4) is 6.07 Å². The van der Waals surface area contributed by atoms with Gasteiger partial charge in [-0.1, -0.05) is 32.0 Å². The Bertz CT molecular complexity index is 449. The molecule has 0 saturated heterocycles. The fourth-order valence-electron chi connectivity index (χ4n) is 1.64. The zero-order valence-electron chi connectivity index (χ0n) is 11.1. The summed E-state index contributed by atoms with van der Waals surface area (Å²) in [4.78, 5) is 13.4. The Morgan fingerprint density at radius 1 is 1.44 bits per heavy atom. The van der Waals surface area contributed by atoms with Gasteiger partial charge in [-0.2, -0.15) is 5.26 Å². The van der Waals surface area contributed by atoms with Crippen LogP contribution in [-0.2, 0) is 0 Å². The Morgan fingerprint density at radius 2 is 2.11 bits per heavy atom. The number of para-hydroxylation sites is 1. The fraction of sp³-hybridized carbons (Fsp3) is 0.429. The van der Waals surface area contributed by atoms with E-state index in [4.69, 9.17) is 5.26 Å². The smallest absolute Gasteiger partial charge is 0.321 e. The number of nitrogens with zero attached hydrogens (tertiary/aromatic N) is 2. The summed E-state index contributed by atoms with van der Waals surface area (Å²) in [7, 11) is 1.69. The first-order valence-electron chi connectivity index (χ1n) is 6.04. The van der Waals surface area contributed by atoms with Crippen molar-refractivity contribution in [2.45, 2.75) is 26.2 Å². The van der Waals surface area contributed by atoms with Crippen LogP contribution in [0.25, 0.3) is 0 Å². The molecule has 1 aromatic carbocycles. The molecular weight excluding hydrogens is 226 g/mol. The van der Waals surface area contributed by atoms with Crippen molar-refractivity contribution >= 4 is 11.7 Å². The number of amides is 2. The van der Waals surface area contributed by atoms with Crippen molar-refractivity contribution in [3.05, 3.63) is 29.8 Å². The molecule has 0 aromatic heterocycles. The maximum absolute atomic E-state index is 11.9. The van der Waals surface area contributed by atoms with Crippen LogP contribution in [0, 0.1) is 11.3 Å². The minimum Gasteiger partial charge on any atom is -0.327 e. The van der Waals surface area contributed by atoms with Gasteiger partial charge in [0.05, 0.1) is 12.5 Å². The van der Waals surface area contributed by atoms with E-state index in [1.165, 1.54) is 4.90 Å². The van der Waals surface area contributed by atoms with Gasteiger partial charge in [0, 0.05) is 19.3 Å². The van der Waals surface area contributed by atoms with E-state index in [1.54, 1.807) is 7.05 Å². The van der Waals surface area contributed by atoms with Gasteiger partial charge in [-0.15, -0.1) is 0 Å². The van der Waals surface area contributed by atoms with E-state index >= 15 is 0 Å². The van der Waals surface area contributed by atoms with Gasteiger partial charge in [-0.25, -0.2) is 4.79 Å². The number of urea groups is 1. The van der Waals surface area contributed by atoms with Gasteiger partial charge in [0.1, 0.15) is 0 Å². The largest absolute Gasteiger partial charge is 0.327 e. The van der Waals surface area contributed by atoms with Gasteiger partial charge >= 0.3 is 6.03 Å². The van der Waals surface area contributed by atoms with Crippen LogP contribution < -0.4 is 5.32 Å². The highest BCUT2D eigenvalue weighted by atomic mass is 16.2. The number of anilines is 1. The molecule has 0 spiro atoms. The second kappa shape index (κ2) is 6.65. The van der Waals surface area contributed by atoms with Crippen LogP contribution in [0.3, 0.4) is 0 Å². The molecule has 0 unspecified atom stereocenters. The minimum absolute atomic E-state index is 0.182. The highest BCUT2D eigenvalue weighted by molar-refractivity contribution is 5.90. The third-order valence-corrected chi connectivity index (χ3v) is 2.73. The first kappa shape index (κ1) is 14.0. The molecule has 2 amide bonds. The molecule has 1 rings (SSSR count). The van der Waals surface area contributed by atoms with Crippen LogP contribution in [0.4, 0.5) is 10.5 Å². The van der Waals surface area contributed by atoms with Crippen molar-refractivity contribution in [2.24, 2.45) is 0 Å². The highest BCUT2D eigenvalue weighted by Crippen LogP contribution is 2.23. The van der Waals surface area contributed by atoms with E-state index < -0.39 is 0 Å². The van der Waals surface area contributed by atoms with Crippen LogP contribution in [-0.4, -0.2) is 24.5 Å². The van der Waals surface area contributed by atoms with Crippen molar-refractivity contribution in [3.63, 3.8) is 0 Å². The lowest BCUT2D eigenvalue weighted by Gasteiger charge is -2.19. The standard InChI is InChI=1S/C14H19N3O/c1-11(2)12-7-4-5-8-13(12)16-14(18)17(3)10-6-9-15/h4-5,7-8,11H,6,10H2,1-3H3,(H,16,18). The van der Waals surface area contributed by atoms with Crippen LogP contribution in [0.2, 0.25) is 0 Å². The van der Waals surface area contributed by atoms with Gasteiger partial charge in [-0.05, 0) is 17.5 Å². The maximum Gasteiger partial charge on any atom is 0.321 e. The average molecular weight is 245 g/mol. The number of benzene rings is 1. The van der Waals surface area contributed by atoms with Gasteiger partial charge in [-0.3, -0.25) is 0 Å². The van der Waals surface area contributed by atoms with E-state index in [9.17, 15) is 4.79 Å². The predicted octanol–water partition coefficient (Wildman–Crippen LogP) is 3.19. The number of carbonyl (C=O) groups excluding carboxylic acids is 1. The average Bonchev–Trinajstić information content (AvgIpc) is 2.36. The van der Waals surface area contributed by atoms with E-state index in [1.807, 2.05) is 30.3 Å². The van der Waals surface area contributed by atoms with Crippen molar-refractivity contribution in [1.82, 2.24) is 4.90 Å². The van der Waals surface area contributed by atoms with E-state index in [0.29, 0.717) is 18.9 Å². The molecule has 0 bridgehead atoms. The third kappa shape index (κ3) is 3.77. The van der Waals surface area contributed by atoms with Gasteiger partial charge in [0.25, 0.3) is 0 Å². The molecule has 0 aliphatic rings. The summed E-state index contributed by atoms with van der Waals surface area (Å²) in [5.41, 5.74) is 1.95. The summed E-state index contributed by atoms with van der Waals surface area (Å²) < 4.78 is 0. The highest BCUT2D eigenvalue weighted by Gasteiger charge is 2.11. The zero-order chi connectivity index (χ0) is 13.5. The lowest BCUT2D eigenvalue weighted by molar-refractivity contribution is 0.223. The first-order valence-corrected chi connectivity index (χ1v) is 6.04. The number of nitrogens with one attached hydrogen (secondary N) is 1. The molecular formula is C14H19N3O. The number of hydrogen-bond acceptors (Lipinski definition) is 2. The normalized spacial score (nSPS) is 9.94. The lowest BCUT2D eigenvalue weighted by Crippen LogP contribution is -2.32. The van der Waals surface area contributed by atoms with Crippen molar-refractivity contribution in [1.29, 1.82) is 5.26 Å². The van der Waals surface area contributed by atoms with Crippen molar-refractivity contribution in [2.75, 3.05) is 18.9 Å². The Balaban J connectivity index is 2.73. The number of carbonyl (C=O) groups is 1. The number of rotatable bonds is 4. The molecule has 0 saturated carbocycles. The minimum atomic E-state index is -0.182. The molecule has 0 aliphatic heterocycles. The van der Waals surface area contributed by atoms with E-state index in [-0.39, 0.29) is 6.03 Å². The van der Waals surface area contributed by atoms with Crippen LogP contribution >= 0.6 is 0 Å². The molecule has 1 aromatic rings. The number of hydrogen-bond donors (Lipinski definition) is 1. The molecule has 0 radical (unpaired) electrons. The SMILES string of the molecule is CC(C)c1ccccc1NC(=O)N(C)CCC#N. The van der Waals surface area contributed by atoms with Crippen molar-refractivity contribution < 1.29 is 4.79 Å². The first-order chi connectivity index (χ1) is 8.56. The van der Waals surface area contributed by atoms with Gasteiger partial charge in [0.2, 0.25) is 0 Å². The molecule has 18 heavy (non-hydrogen) atoms. The van der Waals surface area contributed by atoms with Crippen LogP contribution in [0.15, 0.2) is 24.3 Å². The fourth-order valence-corrected chi connectivity index (χ4v) is 1.64. The Labute approximate surface area is 108 Å². The lowest BCUT2D eigenvalue weighted by atomic mass is 10.0. The summed E-state index contributed by atoms with van der Waals surface area (Å²) in [6.45, 7) is 4.61. The Morgan fingerprint density at radius 3 is 2.72 bits per heavy atom. The summed E-state index contributed by atoms with van der Waals surface area (Å²) in [6.07, 6.45) is 0.343. The molecule has 4 heteroatoms. The van der Waals surface area contributed by atoms with Gasteiger partial charge in [0.15, 0.2) is 0 Å². The second-order valence-corrected chi connectivity index (χ2v) is 4.50. The zero-order valence-corrected chi connectivity index (χ0v) is 11.1. The second-order valence-electron chi connectivity index (χ2n) is 4.50. The molecule has 0 heterocycles. The Kier molecular flexibility index (Phi) is 5.19. The molecule has 96 valence electrons.